The normalized spacial score (nSPS) is 11.8. The lowest BCUT2D eigenvalue weighted by Gasteiger charge is -2.32. The van der Waals surface area contributed by atoms with Gasteiger partial charge in [-0.05, 0) is 86.5 Å². The third kappa shape index (κ3) is 8.62. The van der Waals surface area contributed by atoms with E-state index in [1.807, 2.05) is 19.9 Å². The summed E-state index contributed by atoms with van der Waals surface area (Å²) in [4.78, 5) is 28.5. The first-order valence-electron chi connectivity index (χ1n) is 13.8. The van der Waals surface area contributed by atoms with Crippen molar-refractivity contribution in [2.75, 3.05) is 31.1 Å². The standard InChI is InChI=1S/C31H38ClN3O6S/c1-5-7-19-33-31(37)23(3)34(21-24-9-8-10-28(20-24)40-4)30(36)22-35(26-13-15-27(16-14-26)41-6-2)42(38,39)29-17-11-25(32)12-18-29/h8-18,20,23H,5-7,19,21-22H2,1-4H3,(H,33,37). The van der Waals surface area contributed by atoms with E-state index in [1.54, 1.807) is 56.5 Å². The number of amides is 2. The number of ether oxygens (including phenoxy) is 2. The van der Waals surface area contributed by atoms with Crippen molar-refractivity contribution in [3.63, 3.8) is 0 Å². The van der Waals surface area contributed by atoms with Crippen molar-refractivity contribution in [2.45, 2.75) is 51.1 Å². The molecule has 1 atom stereocenters. The molecule has 3 aromatic carbocycles. The van der Waals surface area contributed by atoms with Crippen molar-refractivity contribution in [2.24, 2.45) is 0 Å². The lowest BCUT2D eigenvalue weighted by Crippen LogP contribution is -2.51. The summed E-state index contributed by atoms with van der Waals surface area (Å²) in [6.45, 7) is 5.94. The topological polar surface area (TPSA) is 105 Å². The van der Waals surface area contributed by atoms with Crippen LogP contribution in [0.2, 0.25) is 5.02 Å². The molecule has 0 aliphatic carbocycles. The highest BCUT2D eigenvalue weighted by molar-refractivity contribution is 7.92. The largest absolute Gasteiger partial charge is 0.497 e. The van der Waals surface area contributed by atoms with Crippen molar-refractivity contribution in [1.82, 2.24) is 10.2 Å². The molecule has 0 bridgehead atoms. The van der Waals surface area contributed by atoms with Crippen LogP contribution in [0.15, 0.2) is 77.7 Å². The maximum atomic E-state index is 14.0. The van der Waals surface area contributed by atoms with E-state index in [-0.39, 0.29) is 23.0 Å². The van der Waals surface area contributed by atoms with Crippen LogP contribution in [-0.2, 0) is 26.2 Å². The molecule has 9 nitrogen and oxygen atoms in total. The highest BCUT2D eigenvalue weighted by atomic mass is 35.5. The lowest BCUT2D eigenvalue weighted by molar-refractivity contribution is -0.139. The van der Waals surface area contributed by atoms with Crippen LogP contribution in [-0.4, -0.2) is 58.0 Å². The van der Waals surface area contributed by atoms with Crippen LogP contribution in [0.4, 0.5) is 5.69 Å². The zero-order valence-electron chi connectivity index (χ0n) is 24.4. The Morgan fingerprint density at radius 1 is 0.976 bits per heavy atom. The molecule has 1 N–H and O–H groups in total. The van der Waals surface area contributed by atoms with E-state index in [1.165, 1.54) is 29.2 Å². The number of methoxy groups -OCH3 is 1. The van der Waals surface area contributed by atoms with Crippen molar-refractivity contribution in [1.29, 1.82) is 0 Å². The number of benzene rings is 3. The van der Waals surface area contributed by atoms with Crippen molar-refractivity contribution >= 4 is 39.1 Å². The van der Waals surface area contributed by atoms with Gasteiger partial charge in [0.05, 0.1) is 24.3 Å². The van der Waals surface area contributed by atoms with Crippen LogP contribution < -0.4 is 19.1 Å². The third-order valence-electron chi connectivity index (χ3n) is 6.60. The molecule has 0 radical (unpaired) electrons. The van der Waals surface area contributed by atoms with Gasteiger partial charge in [-0.3, -0.25) is 13.9 Å². The van der Waals surface area contributed by atoms with Crippen molar-refractivity contribution < 1.29 is 27.5 Å². The number of nitrogens with zero attached hydrogens (tertiary/aromatic N) is 2. The number of carbonyl (C=O) groups excluding carboxylic acids is 2. The lowest BCUT2D eigenvalue weighted by atomic mass is 10.1. The zero-order chi connectivity index (χ0) is 30.7. The fourth-order valence-electron chi connectivity index (χ4n) is 4.22. The second kappa shape index (κ2) is 15.5. The predicted octanol–water partition coefficient (Wildman–Crippen LogP) is 5.28. The number of hydrogen-bond donors (Lipinski definition) is 1. The molecule has 2 amide bonds. The van der Waals surface area contributed by atoms with E-state index in [2.05, 4.69) is 5.32 Å². The van der Waals surface area contributed by atoms with Crippen LogP contribution >= 0.6 is 11.6 Å². The fraction of sp³-hybridized carbons (Fsp3) is 0.355. The molecule has 0 spiro atoms. The molecule has 0 aromatic heterocycles. The number of carbonyl (C=O) groups is 2. The Morgan fingerprint density at radius 2 is 1.67 bits per heavy atom. The van der Waals surface area contributed by atoms with Gasteiger partial charge >= 0.3 is 0 Å². The molecular formula is C31H38ClN3O6S. The molecule has 226 valence electrons. The van der Waals surface area contributed by atoms with Crippen LogP contribution in [0.5, 0.6) is 11.5 Å². The Morgan fingerprint density at radius 3 is 2.29 bits per heavy atom. The first kappa shape index (κ1) is 32.8. The molecule has 0 fully saturated rings. The molecule has 1 unspecified atom stereocenters. The van der Waals surface area contributed by atoms with Gasteiger partial charge in [0.15, 0.2) is 0 Å². The molecule has 0 saturated heterocycles. The number of nitrogens with one attached hydrogen (secondary N) is 1. The van der Waals surface area contributed by atoms with Crippen LogP contribution in [0.25, 0.3) is 0 Å². The Balaban J connectivity index is 2.01. The molecule has 0 saturated carbocycles. The Kier molecular flexibility index (Phi) is 12.1. The average molecular weight is 616 g/mol. The first-order valence-corrected chi connectivity index (χ1v) is 15.6. The average Bonchev–Trinajstić information content (AvgIpc) is 2.99. The highest BCUT2D eigenvalue weighted by Crippen LogP contribution is 2.27. The summed E-state index contributed by atoms with van der Waals surface area (Å²) in [6.07, 6.45) is 1.70. The van der Waals surface area contributed by atoms with E-state index in [0.29, 0.717) is 29.7 Å². The second-order valence-electron chi connectivity index (χ2n) is 9.59. The summed E-state index contributed by atoms with van der Waals surface area (Å²) < 4.78 is 39.7. The minimum atomic E-state index is -4.21. The van der Waals surface area contributed by atoms with Gasteiger partial charge in [-0.2, -0.15) is 0 Å². The monoisotopic (exact) mass is 615 g/mol. The summed E-state index contributed by atoms with van der Waals surface area (Å²) in [7, 11) is -2.66. The van der Waals surface area contributed by atoms with E-state index < -0.39 is 28.5 Å². The number of anilines is 1. The quantitative estimate of drug-likeness (QED) is 0.233. The van der Waals surface area contributed by atoms with Gasteiger partial charge in [0, 0.05) is 18.1 Å². The molecule has 11 heteroatoms. The van der Waals surface area contributed by atoms with Gasteiger partial charge in [-0.25, -0.2) is 8.42 Å². The molecule has 3 rings (SSSR count). The number of rotatable bonds is 15. The van der Waals surface area contributed by atoms with Gasteiger partial charge in [0.25, 0.3) is 10.0 Å². The predicted molar refractivity (Wildman–Crippen MR) is 165 cm³/mol. The van der Waals surface area contributed by atoms with Gasteiger partial charge in [0.1, 0.15) is 24.1 Å². The molecule has 0 heterocycles. The SMILES string of the molecule is CCCCNC(=O)C(C)N(Cc1cccc(OC)c1)C(=O)CN(c1ccc(OCC)cc1)S(=O)(=O)c1ccc(Cl)cc1. The van der Waals surface area contributed by atoms with Crippen LogP contribution in [0.3, 0.4) is 0 Å². The van der Waals surface area contributed by atoms with Gasteiger partial charge in [0.2, 0.25) is 11.8 Å². The summed E-state index contributed by atoms with van der Waals surface area (Å²) in [5, 5.41) is 3.26. The minimum Gasteiger partial charge on any atom is -0.497 e. The highest BCUT2D eigenvalue weighted by Gasteiger charge is 2.32. The molecule has 0 aliphatic heterocycles. The first-order chi connectivity index (χ1) is 20.1. The summed E-state index contributed by atoms with van der Waals surface area (Å²) in [6, 6.07) is 18.5. The van der Waals surface area contributed by atoms with E-state index in [0.717, 1.165) is 22.7 Å². The number of sulfonamides is 1. The summed E-state index contributed by atoms with van der Waals surface area (Å²) in [5.41, 5.74) is 0.993. The third-order valence-corrected chi connectivity index (χ3v) is 8.64. The second-order valence-corrected chi connectivity index (χ2v) is 11.9. The Bertz CT molecular complexity index is 1430. The van der Waals surface area contributed by atoms with Crippen molar-refractivity contribution in [3.05, 3.63) is 83.4 Å². The number of halogens is 1. The van der Waals surface area contributed by atoms with Crippen molar-refractivity contribution in [3.8, 4) is 11.5 Å². The van der Waals surface area contributed by atoms with Gasteiger partial charge < -0.3 is 19.7 Å². The van der Waals surface area contributed by atoms with Crippen LogP contribution in [0, 0.1) is 0 Å². The maximum absolute atomic E-state index is 14.0. The minimum absolute atomic E-state index is 0.0294. The van der Waals surface area contributed by atoms with E-state index in [9.17, 15) is 18.0 Å². The number of unbranched alkanes of at least 4 members (excludes halogenated alkanes) is 1. The zero-order valence-corrected chi connectivity index (χ0v) is 26.0. The Labute approximate surface area is 253 Å². The maximum Gasteiger partial charge on any atom is 0.264 e. The molecule has 0 aliphatic rings. The smallest absolute Gasteiger partial charge is 0.264 e. The number of hydrogen-bond acceptors (Lipinski definition) is 6. The van der Waals surface area contributed by atoms with E-state index in [4.69, 9.17) is 21.1 Å². The van der Waals surface area contributed by atoms with E-state index >= 15 is 0 Å². The molecule has 42 heavy (non-hydrogen) atoms. The van der Waals surface area contributed by atoms with Crippen LogP contribution in [0.1, 0.15) is 39.2 Å². The summed E-state index contributed by atoms with van der Waals surface area (Å²) in [5.74, 6) is 0.282. The summed E-state index contributed by atoms with van der Waals surface area (Å²) >= 11 is 6.01. The Hall–Kier alpha value is -3.76. The fourth-order valence-corrected chi connectivity index (χ4v) is 5.76. The molecular weight excluding hydrogens is 578 g/mol. The van der Waals surface area contributed by atoms with Gasteiger partial charge in [-0.1, -0.05) is 37.1 Å². The van der Waals surface area contributed by atoms with Gasteiger partial charge in [-0.15, -0.1) is 0 Å². The molecule has 3 aromatic rings.